The minimum atomic E-state index is 0.121. The number of hydrogen-bond acceptors (Lipinski definition) is 2. The van der Waals surface area contributed by atoms with Crippen molar-refractivity contribution in [2.45, 2.75) is 25.8 Å². The van der Waals surface area contributed by atoms with Crippen molar-refractivity contribution in [1.29, 1.82) is 0 Å². The molecule has 1 rings (SSSR count). The fraction of sp³-hybridized carbons (Fsp3) is 0.857. The monoisotopic (exact) mass is 143 g/mol. The summed E-state index contributed by atoms with van der Waals surface area (Å²) >= 11 is 0. The highest BCUT2D eigenvalue weighted by Crippen LogP contribution is 2.02. The summed E-state index contributed by atoms with van der Waals surface area (Å²) in [6.45, 7) is 3.32. The zero-order valence-corrected chi connectivity index (χ0v) is 6.22. The fourth-order valence-corrected chi connectivity index (χ4v) is 0.978. The van der Waals surface area contributed by atoms with Gasteiger partial charge in [0.2, 0.25) is 5.91 Å². The molecule has 1 N–H and O–H groups in total. The molecule has 1 amide bonds. The minimum absolute atomic E-state index is 0.121. The summed E-state index contributed by atoms with van der Waals surface area (Å²) in [5.41, 5.74) is 0. The Morgan fingerprint density at radius 3 is 3.10 bits per heavy atom. The molecule has 0 spiro atoms. The van der Waals surface area contributed by atoms with Crippen molar-refractivity contribution in [2.24, 2.45) is 0 Å². The van der Waals surface area contributed by atoms with Crippen LogP contribution >= 0.6 is 0 Å². The largest absolute Gasteiger partial charge is 0.379 e. The van der Waals surface area contributed by atoms with Gasteiger partial charge in [-0.2, -0.15) is 0 Å². The Balaban J connectivity index is 2.17. The third-order valence-electron chi connectivity index (χ3n) is 1.62. The number of nitrogens with one attached hydrogen (secondary N) is 1. The third kappa shape index (κ3) is 1.99. The van der Waals surface area contributed by atoms with Gasteiger partial charge in [0.15, 0.2) is 0 Å². The lowest BCUT2D eigenvalue weighted by Crippen LogP contribution is -2.34. The second-order valence-corrected chi connectivity index (χ2v) is 2.48. The van der Waals surface area contributed by atoms with Gasteiger partial charge in [0, 0.05) is 13.0 Å². The van der Waals surface area contributed by atoms with Gasteiger partial charge in [-0.25, -0.2) is 0 Å². The van der Waals surface area contributed by atoms with Crippen LogP contribution in [0.4, 0.5) is 0 Å². The standard InChI is InChI=1S/C7H13NO2/c1-2-7(9)8-6-3-4-10-5-6/h6H,2-5H2,1H3,(H,8,9)/t6-/m1/s1. The number of amides is 1. The molecule has 0 aromatic carbocycles. The molecule has 1 atom stereocenters. The molecule has 0 unspecified atom stereocenters. The lowest BCUT2D eigenvalue weighted by Gasteiger charge is -2.08. The van der Waals surface area contributed by atoms with Crippen LogP contribution in [0.1, 0.15) is 19.8 Å². The normalized spacial score (nSPS) is 24.7. The topological polar surface area (TPSA) is 38.3 Å². The molecule has 0 bridgehead atoms. The number of rotatable bonds is 2. The Morgan fingerprint density at radius 2 is 2.60 bits per heavy atom. The Kier molecular flexibility index (Phi) is 2.68. The summed E-state index contributed by atoms with van der Waals surface area (Å²) in [6, 6.07) is 0.271. The van der Waals surface area contributed by atoms with Gasteiger partial charge in [-0.15, -0.1) is 0 Å². The summed E-state index contributed by atoms with van der Waals surface area (Å²) in [4.78, 5) is 10.8. The molecule has 0 saturated carbocycles. The molecule has 3 nitrogen and oxygen atoms in total. The molecular formula is C7H13NO2. The van der Waals surface area contributed by atoms with E-state index in [0.717, 1.165) is 13.0 Å². The first-order valence-electron chi connectivity index (χ1n) is 3.70. The van der Waals surface area contributed by atoms with Crippen LogP contribution < -0.4 is 5.32 Å². The van der Waals surface area contributed by atoms with E-state index in [4.69, 9.17) is 4.74 Å². The van der Waals surface area contributed by atoms with Crippen LogP contribution in [-0.2, 0) is 9.53 Å². The summed E-state index contributed by atoms with van der Waals surface area (Å²) < 4.78 is 5.09. The average molecular weight is 143 g/mol. The van der Waals surface area contributed by atoms with Crippen LogP contribution in [0.3, 0.4) is 0 Å². The predicted octanol–water partition coefficient (Wildman–Crippen LogP) is 0.301. The molecule has 0 aliphatic carbocycles. The van der Waals surface area contributed by atoms with Crippen LogP contribution in [-0.4, -0.2) is 25.2 Å². The van der Waals surface area contributed by atoms with Gasteiger partial charge in [-0.1, -0.05) is 6.92 Å². The molecule has 0 radical (unpaired) electrons. The third-order valence-corrected chi connectivity index (χ3v) is 1.62. The van der Waals surface area contributed by atoms with Crippen LogP contribution in [0.25, 0.3) is 0 Å². The maximum absolute atomic E-state index is 10.8. The molecule has 1 aliphatic heterocycles. The summed E-state index contributed by atoms with van der Waals surface area (Å²) in [6.07, 6.45) is 1.53. The van der Waals surface area contributed by atoms with Gasteiger partial charge < -0.3 is 10.1 Å². The number of carbonyl (C=O) groups excluding carboxylic acids is 1. The second kappa shape index (κ2) is 3.56. The molecule has 3 heteroatoms. The molecule has 1 fully saturated rings. The zero-order chi connectivity index (χ0) is 7.40. The number of hydrogen-bond donors (Lipinski definition) is 1. The van der Waals surface area contributed by atoms with Crippen molar-refractivity contribution in [1.82, 2.24) is 5.32 Å². The Bertz CT molecular complexity index is 119. The van der Waals surface area contributed by atoms with Crippen LogP contribution in [0.5, 0.6) is 0 Å². The second-order valence-electron chi connectivity index (χ2n) is 2.48. The van der Waals surface area contributed by atoms with E-state index in [9.17, 15) is 4.79 Å². The van der Waals surface area contributed by atoms with E-state index in [-0.39, 0.29) is 11.9 Å². The lowest BCUT2D eigenvalue weighted by molar-refractivity contribution is -0.121. The van der Waals surface area contributed by atoms with Gasteiger partial charge in [-0.3, -0.25) is 4.79 Å². The number of ether oxygens (including phenoxy) is 1. The Morgan fingerprint density at radius 1 is 1.80 bits per heavy atom. The van der Waals surface area contributed by atoms with Crippen molar-refractivity contribution >= 4 is 5.91 Å². The van der Waals surface area contributed by atoms with Gasteiger partial charge >= 0.3 is 0 Å². The SMILES string of the molecule is CCC(=O)N[C@@H]1CCOC1. The molecule has 1 heterocycles. The molecular weight excluding hydrogens is 130 g/mol. The maximum atomic E-state index is 10.8. The predicted molar refractivity (Wildman–Crippen MR) is 37.7 cm³/mol. The van der Waals surface area contributed by atoms with E-state index in [0.29, 0.717) is 13.0 Å². The first kappa shape index (κ1) is 7.54. The van der Waals surface area contributed by atoms with E-state index >= 15 is 0 Å². The quantitative estimate of drug-likeness (QED) is 0.603. The van der Waals surface area contributed by atoms with Crippen LogP contribution in [0, 0.1) is 0 Å². The van der Waals surface area contributed by atoms with Crippen LogP contribution in [0.15, 0.2) is 0 Å². The summed E-state index contributed by atoms with van der Waals surface area (Å²) in [5.74, 6) is 0.121. The van der Waals surface area contributed by atoms with Crippen molar-refractivity contribution in [2.75, 3.05) is 13.2 Å². The van der Waals surface area contributed by atoms with Gasteiger partial charge in [0.1, 0.15) is 0 Å². The van der Waals surface area contributed by atoms with Gasteiger partial charge in [-0.05, 0) is 6.42 Å². The minimum Gasteiger partial charge on any atom is -0.379 e. The Hall–Kier alpha value is -0.570. The molecule has 1 aliphatic rings. The van der Waals surface area contributed by atoms with Crippen molar-refractivity contribution < 1.29 is 9.53 Å². The van der Waals surface area contributed by atoms with E-state index in [2.05, 4.69) is 5.32 Å². The zero-order valence-electron chi connectivity index (χ0n) is 6.22. The molecule has 58 valence electrons. The highest BCUT2D eigenvalue weighted by Gasteiger charge is 2.16. The first-order valence-corrected chi connectivity index (χ1v) is 3.70. The molecule has 1 saturated heterocycles. The van der Waals surface area contributed by atoms with E-state index in [1.165, 1.54) is 0 Å². The first-order chi connectivity index (χ1) is 4.83. The van der Waals surface area contributed by atoms with E-state index < -0.39 is 0 Å². The highest BCUT2D eigenvalue weighted by molar-refractivity contribution is 5.75. The summed E-state index contributed by atoms with van der Waals surface area (Å²) in [7, 11) is 0. The summed E-state index contributed by atoms with van der Waals surface area (Å²) in [5, 5.41) is 2.86. The maximum Gasteiger partial charge on any atom is 0.220 e. The fourth-order valence-electron chi connectivity index (χ4n) is 0.978. The number of carbonyl (C=O) groups is 1. The molecule has 10 heavy (non-hydrogen) atoms. The highest BCUT2D eigenvalue weighted by atomic mass is 16.5. The van der Waals surface area contributed by atoms with Crippen molar-refractivity contribution in [3.8, 4) is 0 Å². The average Bonchev–Trinajstić information content (AvgIpc) is 2.40. The smallest absolute Gasteiger partial charge is 0.220 e. The molecule has 0 aromatic heterocycles. The molecule has 0 aromatic rings. The van der Waals surface area contributed by atoms with Crippen molar-refractivity contribution in [3.05, 3.63) is 0 Å². The van der Waals surface area contributed by atoms with Gasteiger partial charge in [0.25, 0.3) is 0 Å². The van der Waals surface area contributed by atoms with E-state index in [1.54, 1.807) is 0 Å². The van der Waals surface area contributed by atoms with Gasteiger partial charge in [0.05, 0.1) is 12.6 Å². The van der Waals surface area contributed by atoms with E-state index in [1.807, 2.05) is 6.92 Å². The van der Waals surface area contributed by atoms with Crippen LogP contribution in [0.2, 0.25) is 0 Å². The lowest BCUT2D eigenvalue weighted by atomic mass is 10.2. The van der Waals surface area contributed by atoms with Crippen molar-refractivity contribution in [3.63, 3.8) is 0 Å². The Labute approximate surface area is 60.7 Å².